The molecule has 0 fully saturated rings. The summed E-state index contributed by atoms with van der Waals surface area (Å²) in [6, 6.07) is 13.4. The van der Waals surface area contributed by atoms with Crippen LogP contribution in [0.5, 0.6) is 5.75 Å². The van der Waals surface area contributed by atoms with E-state index in [1.165, 1.54) is 12.1 Å². The Labute approximate surface area is 133 Å². The molecule has 0 aliphatic carbocycles. The molecule has 3 nitrogen and oxygen atoms in total. The zero-order valence-corrected chi connectivity index (χ0v) is 12.8. The normalized spacial score (nSPS) is 10.9. The summed E-state index contributed by atoms with van der Waals surface area (Å²) in [6.07, 6.45) is 1.77. The zero-order valence-electron chi connectivity index (χ0n) is 12.8. The van der Waals surface area contributed by atoms with E-state index in [0.29, 0.717) is 16.9 Å². The highest BCUT2D eigenvalue weighted by Gasteiger charge is 2.07. The summed E-state index contributed by atoms with van der Waals surface area (Å²) >= 11 is 0. The average molecular weight is 312 g/mol. The number of ether oxygens (including phenoxy) is 1. The van der Waals surface area contributed by atoms with Crippen LogP contribution < -0.4 is 10.4 Å². The first-order valence-electron chi connectivity index (χ1n) is 7.60. The largest absolute Gasteiger partial charge is 0.489 e. The summed E-state index contributed by atoms with van der Waals surface area (Å²) in [5.74, 6) is 0.239. The highest BCUT2D eigenvalue weighted by molar-refractivity contribution is 5.81. The molecule has 0 N–H and O–H groups in total. The minimum Gasteiger partial charge on any atom is -0.489 e. The molecule has 0 aliphatic rings. The lowest BCUT2D eigenvalue weighted by Gasteiger charge is -2.09. The molecule has 118 valence electrons. The highest BCUT2D eigenvalue weighted by atomic mass is 19.1. The van der Waals surface area contributed by atoms with Gasteiger partial charge in [0.15, 0.2) is 0 Å². The van der Waals surface area contributed by atoms with Crippen molar-refractivity contribution in [2.45, 2.75) is 26.4 Å². The van der Waals surface area contributed by atoms with Crippen molar-refractivity contribution in [2.75, 3.05) is 0 Å². The van der Waals surface area contributed by atoms with E-state index in [1.54, 1.807) is 24.3 Å². The van der Waals surface area contributed by atoms with Gasteiger partial charge in [-0.25, -0.2) is 9.18 Å². The number of aryl methyl sites for hydroxylation is 1. The number of halogens is 1. The van der Waals surface area contributed by atoms with Gasteiger partial charge < -0.3 is 9.15 Å². The van der Waals surface area contributed by atoms with Crippen LogP contribution in [-0.4, -0.2) is 0 Å². The number of hydrogen-bond donors (Lipinski definition) is 0. The van der Waals surface area contributed by atoms with Crippen LogP contribution in [0.4, 0.5) is 4.39 Å². The van der Waals surface area contributed by atoms with Crippen molar-refractivity contribution in [3.63, 3.8) is 0 Å². The van der Waals surface area contributed by atoms with Crippen molar-refractivity contribution in [3.8, 4) is 5.75 Å². The maximum absolute atomic E-state index is 13.6. The molecule has 0 spiro atoms. The van der Waals surface area contributed by atoms with E-state index < -0.39 is 0 Å². The van der Waals surface area contributed by atoms with Crippen LogP contribution in [0, 0.1) is 5.82 Å². The van der Waals surface area contributed by atoms with Gasteiger partial charge in [-0.1, -0.05) is 31.5 Å². The summed E-state index contributed by atoms with van der Waals surface area (Å²) < 4.78 is 24.5. The van der Waals surface area contributed by atoms with Crippen LogP contribution in [0.15, 0.2) is 57.7 Å². The first-order valence-corrected chi connectivity index (χ1v) is 7.60. The maximum atomic E-state index is 13.6. The van der Waals surface area contributed by atoms with Crippen LogP contribution in [0.3, 0.4) is 0 Å². The SMILES string of the molecule is CCCc1cc(=O)oc2cc(OCc3ccccc3F)ccc12. The fourth-order valence-corrected chi connectivity index (χ4v) is 2.55. The Balaban J connectivity index is 1.88. The monoisotopic (exact) mass is 312 g/mol. The van der Waals surface area contributed by atoms with Gasteiger partial charge in [-0.3, -0.25) is 0 Å². The first kappa shape index (κ1) is 15.3. The average Bonchev–Trinajstić information content (AvgIpc) is 2.54. The predicted octanol–water partition coefficient (Wildman–Crippen LogP) is 4.46. The summed E-state index contributed by atoms with van der Waals surface area (Å²) in [5, 5.41) is 0.907. The van der Waals surface area contributed by atoms with Gasteiger partial charge in [0.2, 0.25) is 0 Å². The third kappa shape index (κ3) is 3.42. The Kier molecular flexibility index (Phi) is 4.42. The molecular weight excluding hydrogens is 295 g/mol. The van der Waals surface area contributed by atoms with Gasteiger partial charge in [0.25, 0.3) is 0 Å². The lowest BCUT2D eigenvalue weighted by atomic mass is 10.1. The highest BCUT2D eigenvalue weighted by Crippen LogP contribution is 2.24. The molecule has 0 saturated carbocycles. The van der Waals surface area contributed by atoms with Crippen molar-refractivity contribution in [1.82, 2.24) is 0 Å². The van der Waals surface area contributed by atoms with Gasteiger partial charge >= 0.3 is 5.63 Å². The van der Waals surface area contributed by atoms with Gasteiger partial charge in [-0.05, 0) is 30.2 Å². The second-order valence-corrected chi connectivity index (χ2v) is 5.38. The molecular formula is C19H17FO3. The number of hydrogen-bond acceptors (Lipinski definition) is 3. The second-order valence-electron chi connectivity index (χ2n) is 5.38. The van der Waals surface area contributed by atoms with E-state index in [4.69, 9.17) is 9.15 Å². The van der Waals surface area contributed by atoms with E-state index in [-0.39, 0.29) is 18.0 Å². The zero-order chi connectivity index (χ0) is 16.2. The Morgan fingerprint density at radius 1 is 1.09 bits per heavy atom. The minimum absolute atomic E-state index is 0.122. The fourth-order valence-electron chi connectivity index (χ4n) is 2.55. The van der Waals surface area contributed by atoms with Crippen molar-refractivity contribution in [1.29, 1.82) is 0 Å². The summed E-state index contributed by atoms with van der Waals surface area (Å²) in [6.45, 7) is 2.18. The Morgan fingerprint density at radius 3 is 2.70 bits per heavy atom. The lowest BCUT2D eigenvalue weighted by Crippen LogP contribution is -2.01. The van der Waals surface area contributed by atoms with E-state index in [1.807, 2.05) is 12.1 Å². The van der Waals surface area contributed by atoms with Gasteiger partial charge in [0.05, 0.1) is 0 Å². The molecule has 0 aliphatic heterocycles. The molecule has 23 heavy (non-hydrogen) atoms. The van der Waals surface area contributed by atoms with E-state index in [9.17, 15) is 9.18 Å². The summed E-state index contributed by atoms with van der Waals surface area (Å²) in [7, 11) is 0. The van der Waals surface area contributed by atoms with Gasteiger partial charge in [-0.2, -0.15) is 0 Å². The van der Waals surface area contributed by atoms with E-state index >= 15 is 0 Å². The number of rotatable bonds is 5. The van der Waals surface area contributed by atoms with E-state index in [2.05, 4.69) is 6.92 Å². The molecule has 4 heteroatoms. The van der Waals surface area contributed by atoms with Crippen LogP contribution in [0.1, 0.15) is 24.5 Å². The van der Waals surface area contributed by atoms with Gasteiger partial charge in [0, 0.05) is 23.1 Å². The lowest BCUT2D eigenvalue weighted by molar-refractivity contribution is 0.300. The van der Waals surface area contributed by atoms with Gasteiger partial charge in [-0.15, -0.1) is 0 Å². The van der Waals surface area contributed by atoms with Gasteiger partial charge in [0.1, 0.15) is 23.8 Å². The number of benzene rings is 2. The van der Waals surface area contributed by atoms with Crippen molar-refractivity contribution in [2.24, 2.45) is 0 Å². The molecule has 0 bridgehead atoms. The Bertz CT molecular complexity index is 883. The molecule has 1 heterocycles. The van der Waals surface area contributed by atoms with Crippen molar-refractivity contribution in [3.05, 3.63) is 75.9 Å². The molecule has 0 amide bonds. The summed E-state index contributed by atoms with van der Waals surface area (Å²) in [5.41, 5.74) is 1.58. The molecule has 0 radical (unpaired) electrons. The molecule has 0 saturated heterocycles. The topological polar surface area (TPSA) is 39.4 Å². The van der Waals surface area contributed by atoms with Crippen LogP contribution in [0.2, 0.25) is 0 Å². The van der Waals surface area contributed by atoms with Crippen LogP contribution in [-0.2, 0) is 13.0 Å². The van der Waals surface area contributed by atoms with E-state index in [0.717, 1.165) is 23.8 Å². The molecule has 1 aromatic heterocycles. The van der Waals surface area contributed by atoms with Crippen LogP contribution in [0.25, 0.3) is 11.0 Å². The Morgan fingerprint density at radius 2 is 1.91 bits per heavy atom. The van der Waals surface area contributed by atoms with Crippen LogP contribution >= 0.6 is 0 Å². The number of fused-ring (bicyclic) bond motifs is 1. The first-order chi connectivity index (χ1) is 11.2. The molecule has 3 aromatic rings. The minimum atomic E-state index is -0.368. The molecule has 2 aromatic carbocycles. The quantitative estimate of drug-likeness (QED) is 0.653. The molecule has 0 atom stereocenters. The molecule has 3 rings (SSSR count). The second kappa shape index (κ2) is 6.65. The predicted molar refractivity (Wildman–Crippen MR) is 87.2 cm³/mol. The van der Waals surface area contributed by atoms with Crippen molar-refractivity contribution >= 4 is 11.0 Å². The fraction of sp³-hybridized carbons (Fsp3) is 0.211. The standard InChI is InChI=1S/C19H17FO3/c1-2-5-13-10-19(21)23-18-11-15(8-9-16(13)18)22-12-14-6-3-4-7-17(14)20/h3-4,6-11H,2,5,12H2,1H3. The third-order valence-corrected chi connectivity index (χ3v) is 3.67. The molecule has 0 unspecified atom stereocenters. The summed E-state index contributed by atoms with van der Waals surface area (Å²) in [4.78, 5) is 11.7. The Hall–Kier alpha value is -2.62. The maximum Gasteiger partial charge on any atom is 0.336 e. The third-order valence-electron chi connectivity index (χ3n) is 3.67. The smallest absolute Gasteiger partial charge is 0.336 e. The van der Waals surface area contributed by atoms with Crippen molar-refractivity contribution < 1.29 is 13.5 Å².